The highest BCUT2D eigenvalue weighted by Gasteiger charge is 2.36. The molecule has 1 aromatic heterocycles. The molecule has 1 aromatic carbocycles. The minimum absolute atomic E-state index is 0.159. The van der Waals surface area contributed by atoms with Crippen LogP contribution in [0, 0.1) is 6.92 Å². The van der Waals surface area contributed by atoms with Crippen molar-refractivity contribution in [2.24, 2.45) is 0 Å². The van der Waals surface area contributed by atoms with Crippen LogP contribution in [0.1, 0.15) is 28.9 Å². The molecule has 0 unspecified atom stereocenters. The maximum absolute atomic E-state index is 13.1. The first-order chi connectivity index (χ1) is 10.9. The lowest BCUT2D eigenvalue weighted by Crippen LogP contribution is -2.38. The summed E-state index contributed by atoms with van der Waals surface area (Å²) in [5.41, 5.74) is -0.494. The topological polar surface area (TPSA) is 51.4 Å². The minimum atomic E-state index is -4.40. The van der Waals surface area contributed by atoms with E-state index in [0.717, 1.165) is 6.07 Å². The summed E-state index contributed by atoms with van der Waals surface area (Å²) in [6.45, 7) is 3.41. The van der Waals surface area contributed by atoms with Crippen LogP contribution in [-0.2, 0) is 17.5 Å². The molecule has 5 nitrogen and oxygen atoms in total. The van der Waals surface area contributed by atoms with Crippen LogP contribution in [0.3, 0.4) is 0 Å². The van der Waals surface area contributed by atoms with Crippen molar-refractivity contribution in [1.29, 1.82) is 0 Å². The Morgan fingerprint density at radius 1 is 1.30 bits per heavy atom. The molecule has 1 aliphatic rings. The second-order valence-electron chi connectivity index (χ2n) is 5.41. The summed E-state index contributed by atoms with van der Waals surface area (Å²) in [7, 11) is 0. The number of morpholine rings is 1. The largest absolute Gasteiger partial charge is 0.416 e. The molecule has 1 fully saturated rings. The fraction of sp³-hybridized carbons (Fsp3) is 0.467. The molecule has 0 spiro atoms. The lowest BCUT2D eigenvalue weighted by Gasteiger charge is -2.33. The number of aromatic nitrogens is 2. The Bertz CT molecular complexity index is 672. The number of hydrogen-bond acceptors (Lipinski definition) is 5. The van der Waals surface area contributed by atoms with Crippen LogP contribution in [0.5, 0.6) is 0 Å². The van der Waals surface area contributed by atoms with Gasteiger partial charge in [0.15, 0.2) is 5.82 Å². The van der Waals surface area contributed by atoms with Crippen LogP contribution in [-0.4, -0.2) is 34.7 Å². The van der Waals surface area contributed by atoms with Crippen molar-refractivity contribution in [3.8, 4) is 0 Å². The van der Waals surface area contributed by atoms with Crippen molar-refractivity contribution < 1.29 is 22.4 Å². The molecule has 1 saturated heterocycles. The van der Waals surface area contributed by atoms with Gasteiger partial charge in [-0.2, -0.15) is 18.2 Å². The summed E-state index contributed by atoms with van der Waals surface area (Å²) in [5, 5.41) is 3.71. The number of benzene rings is 1. The van der Waals surface area contributed by atoms with Gasteiger partial charge in [-0.05, 0) is 18.6 Å². The number of nitrogens with zero attached hydrogens (tertiary/aromatic N) is 3. The number of aryl methyl sites for hydroxylation is 1. The Hall–Kier alpha value is -1.93. The Morgan fingerprint density at radius 2 is 2.09 bits per heavy atom. The van der Waals surface area contributed by atoms with Gasteiger partial charge in [0.05, 0.1) is 24.8 Å². The van der Waals surface area contributed by atoms with Gasteiger partial charge < -0.3 is 9.26 Å². The van der Waals surface area contributed by atoms with Crippen molar-refractivity contribution in [1.82, 2.24) is 15.0 Å². The Kier molecular flexibility index (Phi) is 4.36. The van der Waals surface area contributed by atoms with Crippen molar-refractivity contribution in [2.45, 2.75) is 25.7 Å². The van der Waals surface area contributed by atoms with Crippen molar-refractivity contribution >= 4 is 0 Å². The van der Waals surface area contributed by atoms with Crippen LogP contribution >= 0.6 is 0 Å². The molecule has 2 aromatic rings. The fourth-order valence-electron chi connectivity index (χ4n) is 2.67. The van der Waals surface area contributed by atoms with Crippen LogP contribution in [0.15, 0.2) is 28.8 Å². The molecule has 2 heterocycles. The van der Waals surface area contributed by atoms with E-state index in [0.29, 0.717) is 38.0 Å². The van der Waals surface area contributed by atoms with Gasteiger partial charge in [0.1, 0.15) is 0 Å². The Morgan fingerprint density at radius 3 is 2.78 bits per heavy atom. The first-order valence-corrected chi connectivity index (χ1v) is 7.23. The first kappa shape index (κ1) is 15.9. The highest BCUT2D eigenvalue weighted by atomic mass is 19.4. The fourth-order valence-corrected chi connectivity index (χ4v) is 2.67. The van der Waals surface area contributed by atoms with Gasteiger partial charge in [-0.1, -0.05) is 23.4 Å². The summed E-state index contributed by atoms with van der Waals surface area (Å²) in [5.74, 6) is 0.986. The van der Waals surface area contributed by atoms with E-state index in [1.165, 1.54) is 12.1 Å². The summed E-state index contributed by atoms with van der Waals surface area (Å²) in [6, 6.07) is 5.52. The molecule has 0 amide bonds. The molecule has 0 bridgehead atoms. The zero-order valence-electron chi connectivity index (χ0n) is 12.5. The Balaban J connectivity index is 1.76. The molecular weight excluding hydrogens is 311 g/mol. The normalized spacial score (nSPS) is 19.9. The monoisotopic (exact) mass is 327 g/mol. The van der Waals surface area contributed by atoms with E-state index in [1.54, 1.807) is 13.0 Å². The average Bonchev–Trinajstić information content (AvgIpc) is 2.92. The standard InChI is InChI=1S/C15H16F3N3O2/c1-10-19-14(23-20-10)9-21-6-7-22-13(8-21)11-4-2-3-5-12(11)15(16,17)18/h2-5,13H,6-9H2,1H3/t13-/m0/s1. The SMILES string of the molecule is Cc1noc(CN2CCO[C@H](c3ccccc3C(F)(F)F)C2)n1. The molecule has 8 heteroatoms. The van der Waals surface area contributed by atoms with E-state index < -0.39 is 17.8 Å². The molecule has 0 N–H and O–H groups in total. The van der Waals surface area contributed by atoms with Crippen LogP contribution in [0.4, 0.5) is 13.2 Å². The van der Waals surface area contributed by atoms with Crippen LogP contribution < -0.4 is 0 Å². The lowest BCUT2D eigenvalue weighted by molar-refractivity contribution is -0.140. The van der Waals surface area contributed by atoms with E-state index in [9.17, 15) is 13.2 Å². The van der Waals surface area contributed by atoms with E-state index in [1.807, 2.05) is 4.90 Å². The number of ether oxygens (including phenoxy) is 1. The molecule has 0 radical (unpaired) electrons. The van der Waals surface area contributed by atoms with E-state index in [4.69, 9.17) is 9.26 Å². The molecule has 0 aliphatic carbocycles. The zero-order chi connectivity index (χ0) is 16.4. The van der Waals surface area contributed by atoms with Crippen LogP contribution in [0.2, 0.25) is 0 Å². The molecule has 1 aliphatic heterocycles. The third-order valence-electron chi connectivity index (χ3n) is 3.69. The van der Waals surface area contributed by atoms with Gasteiger partial charge in [0, 0.05) is 13.1 Å². The van der Waals surface area contributed by atoms with Gasteiger partial charge in [0.25, 0.3) is 0 Å². The molecule has 0 saturated carbocycles. The van der Waals surface area contributed by atoms with E-state index in [2.05, 4.69) is 10.1 Å². The Labute approximate surface area is 131 Å². The number of hydrogen-bond donors (Lipinski definition) is 0. The van der Waals surface area contributed by atoms with Crippen molar-refractivity contribution in [2.75, 3.05) is 19.7 Å². The summed E-state index contributed by atoms with van der Waals surface area (Å²) in [4.78, 5) is 6.07. The van der Waals surface area contributed by atoms with Crippen molar-refractivity contribution in [3.63, 3.8) is 0 Å². The number of alkyl halides is 3. The molecular formula is C15H16F3N3O2. The minimum Gasteiger partial charge on any atom is -0.371 e. The second-order valence-corrected chi connectivity index (χ2v) is 5.41. The third kappa shape index (κ3) is 3.70. The van der Waals surface area contributed by atoms with Crippen molar-refractivity contribution in [3.05, 3.63) is 47.1 Å². The molecule has 23 heavy (non-hydrogen) atoms. The number of rotatable bonds is 3. The van der Waals surface area contributed by atoms with Gasteiger partial charge in [0.2, 0.25) is 5.89 Å². The summed E-state index contributed by atoms with van der Waals surface area (Å²) >= 11 is 0. The van der Waals surface area contributed by atoms with Gasteiger partial charge >= 0.3 is 6.18 Å². The van der Waals surface area contributed by atoms with Gasteiger partial charge in [-0.3, -0.25) is 4.90 Å². The van der Waals surface area contributed by atoms with Crippen LogP contribution in [0.25, 0.3) is 0 Å². The van der Waals surface area contributed by atoms with Gasteiger partial charge in [-0.15, -0.1) is 0 Å². The summed E-state index contributed by atoms with van der Waals surface area (Å²) in [6.07, 6.45) is -5.03. The second kappa shape index (κ2) is 6.29. The highest BCUT2D eigenvalue weighted by Crippen LogP contribution is 2.36. The zero-order valence-corrected chi connectivity index (χ0v) is 12.5. The molecule has 1 atom stereocenters. The quantitative estimate of drug-likeness (QED) is 0.867. The third-order valence-corrected chi connectivity index (χ3v) is 3.69. The lowest BCUT2D eigenvalue weighted by atomic mass is 10.0. The molecule has 124 valence electrons. The maximum atomic E-state index is 13.1. The average molecular weight is 327 g/mol. The first-order valence-electron chi connectivity index (χ1n) is 7.23. The summed E-state index contributed by atoms with van der Waals surface area (Å²) < 4.78 is 50.1. The smallest absolute Gasteiger partial charge is 0.371 e. The van der Waals surface area contributed by atoms with Gasteiger partial charge in [-0.25, -0.2) is 0 Å². The molecule has 3 rings (SSSR count). The predicted molar refractivity (Wildman–Crippen MR) is 74.4 cm³/mol. The van der Waals surface area contributed by atoms with E-state index in [-0.39, 0.29) is 5.56 Å². The highest BCUT2D eigenvalue weighted by molar-refractivity contribution is 5.32. The van der Waals surface area contributed by atoms with E-state index >= 15 is 0 Å². The number of halogens is 3. The maximum Gasteiger partial charge on any atom is 0.416 e. The predicted octanol–water partition coefficient (Wildman–Crippen LogP) is 2.97.